The van der Waals surface area contributed by atoms with Crippen molar-refractivity contribution in [3.63, 3.8) is 0 Å². The smallest absolute Gasteiger partial charge is 0.420 e. The van der Waals surface area contributed by atoms with Crippen LogP contribution in [0.25, 0.3) is 0 Å². The average Bonchev–Trinajstić information content (AvgIpc) is 3.13. The predicted molar refractivity (Wildman–Crippen MR) is 104 cm³/mol. The van der Waals surface area contributed by atoms with E-state index in [1.807, 2.05) is 0 Å². The molecular formula is C20H18ClF6N3O2. The molecule has 0 radical (unpaired) electrons. The Kier molecular flexibility index (Phi) is 6.87. The number of alkyl halides is 5. The van der Waals surface area contributed by atoms with Gasteiger partial charge in [-0.25, -0.2) is 23.0 Å². The Morgan fingerprint density at radius 2 is 1.97 bits per heavy atom. The second-order valence-corrected chi connectivity index (χ2v) is 7.80. The maximum Gasteiger partial charge on any atom is 0.420 e. The van der Waals surface area contributed by atoms with Crippen LogP contribution in [0.1, 0.15) is 47.3 Å². The maximum absolute atomic E-state index is 14.1. The van der Waals surface area contributed by atoms with E-state index in [1.165, 1.54) is 6.07 Å². The lowest BCUT2D eigenvalue weighted by molar-refractivity contribution is -0.137. The van der Waals surface area contributed by atoms with Crippen LogP contribution in [0.5, 0.6) is 0 Å². The highest BCUT2D eigenvalue weighted by Crippen LogP contribution is 2.38. The molecule has 0 saturated heterocycles. The van der Waals surface area contributed by atoms with Crippen LogP contribution in [-0.4, -0.2) is 34.0 Å². The van der Waals surface area contributed by atoms with Crippen LogP contribution in [-0.2, 0) is 17.5 Å². The number of halogens is 7. The van der Waals surface area contributed by atoms with Crippen molar-refractivity contribution in [2.24, 2.45) is 10.9 Å². The third-order valence-corrected chi connectivity index (χ3v) is 5.46. The number of nitrogens with zero attached hydrogens (tertiary/aromatic N) is 3. The second kappa shape index (κ2) is 9.13. The van der Waals surface area contributed by atoms with Gasteiger partial charge in [-0.3, -0.25) is 4.68 Å². The van der Waals surface area contributed by atoms with Crippen molar-refractivity contribution in [2.75, 3.05) is 7.11 Å². The Morgan fingerprint density at radius 3 is 2.53 bits per heavy atom. The van der Waals surface area contributed by atoms with Gasteiger partial charge in [0.1, 0.15) is 17.1 Å². The zero-order chi connectivity index (χ0) is 23.7. The topological polar surface area (TPSA) is 56.5 Å². The second-order valence-electron chi connectivity index (χ2n) is 7.44. The Bertz CT molecular complexity index is 1020. The number of aromatic nitrogens is 2. The summed E-state index contributed by atoms with van der Waals surface area (Å²) in [5.41, 5.74) is -2.22. The number of aliphatic imine (C=N–C) groups is 1. The molecular weight excluding hydrogens is 464 g/mol. The van der Waals surface area contributed by atoms with Crippen LogP contribution < -0.4 is 0 Å². The molecule has 1 saturated carbocycles. The summed E-state index contributed by atoms with van der Waals surface area (Å²) in [5, 5.41) is 3.14. The number of carbonyl (C=O) groups excluding carboxylic acids is 1. The quantitative estimate of drug-likeness (QED) is 0.300. The van der Waals surface area contributed by atoms with Gasteiger partial charge in [0.25, 0.3) is 0 Å². The van der Waals surface area contributed by atoms with Gasteiger partial charge in [-0.15, -0.1) is 0 Å². The number of hydrogen-bond acceptors (Lipinski definition) is 4. The first-order valence-corrected chi connectivity index (χ1v) is 9.92. The van der Waals surface area contributed by atoms with Gasteiger partial charge < -0.3 is 4.74 Å². The molecule has 1 aliphatic rings. The number of hydrogen-bond donors (Lipinski definition) is 0. The van der Waals surface area contributed by atoms with E-state index in [4.69, 9.17) is 11.6 Å². The van der Waals surface area contributed by atoms with Crippen LogP contribution >= 0.6 is 11.6 Å². The van der Waals surface area contributed by atoms with Crippen LogP contribution in [0.4, 0.5) is 32.0 Å². The number of rotatable bonds is 5. The molecule has 174 valence electrons. The molecule has 0 amide bonds. The molecule has 0 atom stereocenters. The Balaban J connectivity index is 1.93. The summed E-state index contributed by atoms with van der Waals surface area (Å²) < 4.78 is 86.8. The van der Waals surface area contributed by atoms with Crippen molar-refractivity contribution in [1.29, 1.82) is 0 Å². The summed E-state index contributed by atoms with van der Waals surface area (Å²) in [7, 11) is 1.07. The van der Waals surface area contributed by atoms with Gasteiger partial charge >= 0.3 is 12.1 Å². The highest BCUT2D eigenvalue weighted by molar-refractivity contribution is 6.69. The van der Waals surface area contributed by atoms with Gasteiger partial charge in [-0.1, -0.05) is 11.6 Å². The fraction of sp³-hybridized carbons (Fsp3) is 0.450. The molecule has 32 heavy (non-hydrogen) atoms. The molecule has 1 heterocycles. The van der Waals surface area contributed by atoms with Gasteiger partial charge in [-0.2, -0.15) is 18.3 Å². The van der Waals surface area contributed by atoms with E-state index in [9.17, 15) is 31.1 Å². The van der Waals surface area contributed by atoms with Crippen molar-refractivity contribution >= 4 is 28.4 Å². The van der Waals surface area contributed by atoms with Gasteiger partial charge in [0.05, 0.1) is 24.6 Å². The molecule has 3 rings (SSSR count). The highest BCUT2D eigenvalue weighted by Gasteiger charge is 2.39. The molecule has 1 aromatic carbocycles. The lowest BCUT2D eigenvalue weighted by atomic mass is 9.87. The standard InChI is InChI=1S/C20H18ClF6N3O2/c1-32-18(31)13-3-2-12(8-15(13)22)29-17(21)16-14(20(25,26)27)9-28-30(16)10-11-4-6-19(23,24)7-5-11/h2-3,8-9,11H,4-7,10H2,1H3. The Labute approximate surface area is 184 Å². The zero-order valence-electron chi connectivity index (χ0n) is 16.7. The molecule has 12 heteroatoms. The van der Waals surface area contributed by atoms with E-state index < -0.39 is 40.3 Å². The average molecular weight is 482 g/mol. The summed E-state index contributed by atoms with van der Waals surface area (Å²) in [4.78, 5) is 15.3. The summed E-state index contributed by atoms with van der Waals surface area (Å²) in [6.07, 6.45) is -4.66. The van der Waals surface area contributed by atoms with Crippen LogP contribution in [0.3, 0.4) is 0 Å². The van der Waals surface area contributed by atoms with Crippen molar-refractivity contribution in [1.82, 2.24) is 9.78 Å². The van der Waals surface area contributed by atoms with Gasteiger partial charge in [0.2, 0.25) is 5.92 Å². The monoisotopic (exact) mass is 481 g/mol. The van der Waals surface area contributed by atoms with Crippen LogP contribution in [0, 0.1) is 11.7 Å². The number of ether oxygens (including phenoxy) is 1. The summed E-state index contributed by atoms with van der Waals surface area (Å²) in [5.74, 6) is -5.01. The van der Waals surface area contributed by atoms with E-state index in [0.29, 0.717) is 6.20 Å². The minimum atomic E-state index is -4.80. The van der Waals surface area contributed by atoms with Crippen molar-refractivity contribution in [3.05, 3.63) is 47.0 Å². The first-order valence-electron chi connectivity index (χ1n) is 9.54. The molecule has 0 unspecified atom stereocenters. The third-order valence-electron chi connectivity index (χ3n) is 5.19. The number of esters is 1. The lowest BCUT2D eigenvalue weighted by Crippen LogP contribution is -2.28. The summed E-state index contributed by atoms with van der Waals surface area (Å²) >= 11 is 6.10. The number of benzene rings is 1. The molecule has 1 aromatic heterocycles. The van der Waals surface area contributed by atoms with E-state index in [0.717, 1.165) is 23.9 Å². The minimum absolute atomic E-state index is 0.0527. The molecule has 5 nitrogen and oxygen atoms in total. The predicted octanol–water partition coefficient (Wildman–Crippen LogP) is 5.97. The van der Waals surface area contributed by atoms with Crippen LogP contribution in [0.15, 0.2) is 29.4 Å². The first kappa shape index (κ1) is 24.1. The summed E-state index contributed by atoms with van der Waals surface area (Å²) in [6, 6.07) is 3.08. The first-order chi connectivity index (χ1) is 14.9. The normalized spacial score (nSPS) is 17.4. The van der Waals surface area contributed by atoms with Gasteiger partial charge in [-0.05, 0) is 30.9 Å². The highest BCUT2D eigenvalue weighted by atomic mass is 35.5. The molecule has 2 aromatic rings. The molecule has 0 N–H and O–H groups in total. The lowest BCUT2D eigenvalue weighted by Gasteiger charge is -2.28. The SMILES string of the molecule is COC(=O)c1ccc(N=C(Cl)c2c(C(F)(F)F)cnn2CC2CCC(F)(F)CC2)cc1F. The maximum atomic E-state index is 14.1. The molecule has 1 aliphatic carbocycles. The van der Waals surface area contributed by atoms with Crippen molar-refractivity contribution in [2.45, 2.75) is 44.3 Å². The van der Waals surface area contributed by atoms with Gasteiger partial charge in [0.15, 0.2) is 5.17 Å². The van der Waals surface area contributed by atoms with Crippen molar-refractivity contribution in [3.8, 4) is 0 Å². The Morgan fingerprint density at radius 1 is 1.31 bits per heavy atom. The fourth-order valence-electron chi connectivity index (χ4n) is 3.49. The molecule has 0 bridgehead atoms. The van der Waals surface area contributed by atoms with Gasteiger partial charge in [0, 0.05) is 25.5 Å². The van der Waals surface area contributed by atoms with E-state index in [2.05, 4.69) is 14.8 Å². The molecule has 1 fully saturated rings. The molecule has 0 spiro atoms. The Hall–Kier alpha value is -2.56. The largest absolute Gasteiger partial charge is 0.465 e. The van der Waals surface area contributed by atoms with E-state index in [-0.39, 0.29) is 49.4 Å². The van der Waals surface area contributed by atoms with Crippen molar-refractivity contribution < 1.29 is 35.9 Å². The summed E-state index contributed by atoms with van der Waals surface area (Å²) in [6.45, 7) is -0.0527. The van der Waals surface area contributed by atoms with Crippen LogP contribution in [0.2, 0.25) is 0 Å². The number of methoxy groups -OCH3 is 1. The third kappa shape index (κ3) is 5.43. The number of carbonyl (C=O) groups is 1. The van der Waals surface area contributed by atoms with E-state index in [1.54, 1.807) is 0 Å². The fourth-order valence-corrected chi connectivity index (χ4v) is 3.79. The molecule has 0 aliphatic heterocycles. The minimum Gasteiger partial charge on any atom is -0.465 e. The van der Waals surface area contributed by atoms with E-state index >= 15 is 0 Å². The zero-order valence-corrected chi connectivity index (χ0v) is 17.5.